The summed E-state index contributed by atoms with van der Waals surface area (Å²) in [4.78, 5) is 29.2. The van der Waals surface area contributed by atoms with Gasteiger partial charge < -0.3 is 10.2 Å². The van der Waals surface area contributed by atoms with Crippen molar-refractivity contribution in [2.24, 2.45) is 5.92 Å². The van der Waals surface area contributed by atoms with Crippen LogP contribution in [-0.2, 0) is 22.4 Å². The fourth-order valence-corrected chi connectivity index (χ4v) is 4.42. The number of carbonyl (C=O) groups is 2. The molecular weight excluding hydrogens is 338 g/mol. The Hall–Kier alpha value is -1.88. The summed E-state index contributed by atoms with van der Waals surface area (Å²) >= 11 is 0. The lowest BCUT2D eigenvalue weighted by atomic mass is 10.1. The van der Waals surface area contributed by atoms with Crippen molar-refractivity contribution in [1.29, 1.82) is 0 Å². The van der Waals surface area contributed by atoms with E-state index in [9.17, 15) is 9.59 Å². The maximum Gasteiger partial charge on any atom is 0.227 e. The molecule has 1 unspecified atom stereocenters. The minimum absolute atomic E-state index is 0.000489. The summed E-state index contributed by atoms with van der Waals surface area (Å²) < 4.78 is 0. The third-order valence-electron chi connectivity index (χ3n) is 5.89. The van der Waals surface area contributed by atoms with Gasteiger partial charge in [0.1, 0.15) is 0 Å². The van der Waals surface area contributed by atoms with Crippen LogP contribution in [-0.4, -0.2) is 48.4 Å². The summed E-state index contributed by atoms with van der Waals surface area (Å²) in [6, 6.07) is 7.22. The Balaban J connectivity index is 1.54. The Morgan fingerprint density at radius 1 is 1.19 bits per heavy atom. The third-order valence-corrected chi connectivity index (χ3v) is 5.89. The quantitative estimate of drug-likeness (QED) is 0.802. The molecule has 1 aliphatic carbocycles. The molecule has 1 atom stereocenters. The van der Waals surface area contributed by atoms with Crippen molar-refractivity contribution in [3.63, 3.8) is 0 Å². The summed E-state index contributed by atoms with van der Waals surface area (Å²) in [5, 5.41) is 3.04. The first-order chi connectivity index (χ1) is 12.9. The van der Waals surface area contributed by atoms with Crippen molar-refractivity contribution in [3.05, 3.63) is 29.3 Å². The van der Waals surface area contributed by atoms with E-state index < -0.39 is 0 Å². The normalized spacial score (nSPS) is 19.4. The van der Waals surface area contributed by atoms with Gasteiger partial charge >= 0.3 is 0 Å². The van der Waals surface area contributed by atoms with Crippen LogP contribution in [0.5, 0.6) is 0 Å². The Bertz CT molecular complexity index is 691. The number of amides is 2. The van der Waals surface area contributed by atoms with Gasteiger partial charge in [0.25, 0.3) is 0 Å². The molecule has 1 aromatic rings. The molecule has 5 nitrogen and oxygen atoms in total. The second-order valence-corrected chi connectivity index (χ2v) is 8.43. The van der Waals surface area contributed by atoms with Crippen molar-refractivity contribution < 1.29 is 9.59 Å². The number of anilines is 1. The lowest BCUT2D eigenvalue weighted by molar-refractivity contribution is -0.126. The van der Waals surface area contributed by atoms with Gasteiger partial charge in [0.05, 0.1) is 5.92 Å². The molecule has 0 aromatic heterocycles. The number of aryl methyl sites for hydroxylation is 2. The van der Waals surface area contributed by atoms with Gasteiger partial charge in [0.2, 0.25) is 11.8 Å². The van der Waals surface area contributed by atoms with Crippen LogP contribution in [0, 0.1) is 5.92 Å². The van der Waals surface area contributed by atoms with E-state index in [1.165, 1.54) is 17.5 Å². The third kappa shape index (κ3) is 4.52. The lowest BCUT2D eigenvalue weighted by Gasteiger charge is -2.30. The Morgan fingerprint density at radius 2 is 1.89 bits per heavy atom. The minimum atomic E-state index is -0.252. The van der Waals surface area contributed by atoms with E-state index in [0.717, 1.165) is 25.1 Å². The smallest absolute Gasteiger partial charge is 0.227 e. The van der Waals surface area contributed by atoms with Gasteiger partial charge in [-0.2, -0.15) is 0 Å². The Labute approximate surface area is 163 Å². The highest BCUT2D eigenvalue weighted by molar-refractivity contribution is 6.00. The lowest BCUT2D eigenvalue weighted by Crippen LogP contribution is -2.43. The van der Waals surface area contributed by atoms with Crippen LogP contribution in [0.15, 0.2) is 18.2 Å². The number of carbonyl (C=O) groups excluding carboxylic acids is 2. The molecule has 1 saturated heterocycles. The zero-order valence-corrected chi connectivity index (χ0v) is 17.1. The average molecular weight is 372 g/mol. The van der Waals surface area contributed by atoms with Crippen molar-refractivity contribution >= 4 is 17.5 Å². The van der Waals surface area contributed by atoms with Crippen LogP contribution in [0.2, 0.25) is 0 Å². The number of nitrogens with one attached hydrogen (secondary N) is 1. The van der Waals surface area contributed by atoms with E-state index in [-0.39, 0.29) is 17.7 Å². The van der Waals surface area contributed by atoms with E-state index in [1.807, 2.05) is 6.07 Å². The molecular formula is C22H33N3O2. The molecule has 0 spiro atoms. The number of rotatable bonds is 7. The van der Waals surface area contributed by atoms with Crippen molar-refractivity contribution in [2.75, 3.05) is 24.5 Å². The summed E-state index contributed by atoms with van der Waals surface area (Å²) in [7, 11) is 0. The standard InChI is InChI=1S/C22H33N3O2/c1-15(2)24(16(3)4)11-10-23-22(27)19-13-21(26)25(14-19)20-9-8-17-6-5-7-18(17)12-20/h8-9,12,15-16,19H,5-7,10-11,13-14H2,1-4H3,(H,23,27). The van der Waals surface area contributed by atoms with E-state index in [4.69, 9.17) is 0 Å². The molecule has 3 rings (SSSR count). The summed E-state index contributed by atoms with van der Waals surface area (Å²) in [5.74, 6) is -0.198. The topological polar surface area (TPSA) is 52.7 Å². The second kappa shape index (κ2) is 8.42. The Morgan fingerprint density at radius 3 is 2.59 bits per heavy atom. The number of fused-ring (bicyclic) bond motifs is 1. The summed E-state index contributed by atoms with van der Waals surface area (Å²) in [6.07, 6.45) is 3.73. The van der Waals surface area contributed by atoms with E-state index in [0.29, 0.717) is 31.6 Å². The molecule has 148 valence electrons. The van der Waals surface area contributed by atoms with Gasteiger partial charge in [0.15, 0.2) is 0 Å². The molecule has 2 amide bonds. The molecule has 0 bridgehead atoms. The molecule has 1 N–H and O–H groups in total. The summed E-state index contributed by atoms with van der Waals surface area (Å²) in [6.45, 7) is 10.6. The van der Waals surface area contributed by atoms with Gasteiger partial charge in [-0.25, -0.2) is 0 Å². The van der Waals surface area contributed by atoms with Crippen LogP contribution >= 0.6 is 0 Å². The van der Waals surface area contributed by atoms with E-state index in [1.54, 1.807) is 4.90 Å². The van der Waals surface area contributed by atoms with Crippen molar-refractivity contribution in [1.82, 2.24) is 10.2 Å². The van der Waals surface area contributed by atoms with Gasteiger partial charge in [-0.3, -0.25) is 14.5 Å². The average Bonchev–Trinajstić information content (AvgIpc) is 3.23. The highest BCUT2D eigenvalue weighted by atomic mass is 16.2. The first-order valence-electron chi connectivity index (χ1n) is 10.3. The van der Waals surface area contributed by atoms with Gasteiger partial charge in [-0.15, -0.1) is 0 Å². The molecule has 5 heteroatoms. The maximum atomic E-state index is 12.6. The highest BCUT2D eigenvalue weighted by Gasteiger charge is 2.35. The molecule has 27 heavy (non-hydrogen) atoms. The molecule has 1 aliphatic heterocycles. The SMILES string of the molecule is CC(C)N(CCNC(=O)C1CC(=O)N(c2ccc3c(c2)CCC3)C1)C(C)C. The van der Waals surface area contributed by atoms with Crippen LogP contribution in [0.3, 0.4) is 0 Å². The number of nitrogens with zero attached hydrogens (tertiary/aromatic N) is 2. The number of hydrogen-bond acceptors (Lipinski definition) is 3. The molecule has 1 aromatic carbocycles. The largest absolute Gasteiger partial charge is 0.355 e. The summed E-state index contributed by atoms with van der Waals surface area (Å²) in [5.41, 5.74) is 3.71. The zero-order chi connectivity index (χ0) is 19.6. The molecule has 0 saturated carbocycles. The molecule has 1 fully saturated rings. The predicted molar refractivity (Wildman–Crippen MR) is 109 cm³/mol. The van der Waals surface area contributed by atoms with Crippen LogP contribution < -0.4 is 10.2 Å². The minimum Gasteiger partial charge on any atom is -0.355 e. The highest BCUT2D eigenvalue weighted by Crippen LogP contribution is 2.30. The van der Waals surface area contributed by atoms with Crippen LogP contribution in [0.4, 0.5) is 5.69 Å². The number of benzene rings is 1. The van der Waals surface area contributed by atoms with E-state index >= 15 is 0 Å². The Kier molecular flexibility index (Phi) is 6.20. The van der Waals surface area contributed by atoms with Crippen molar-refractivity contribution in [3.8, 4) is 0 Å². The predicted octanol–water partition coefficient (Wildman–Crippen LogP) is 2.76. The number of hydrogen-bond donors (Lipinski definition) is 1. The van der Waals surface area contributed by atoms with Crippen LogP contribution in [0.1, 0.15) is 51.7 Å². The van der Waals surface area contributed by atoms with Crippen LogP contribution in [0.25, 0.3) is 0 Å². The first-order valence-corrected chi connectivity index (χ1v) is 10.3. The van der Waals surface area contributed by atoms with Crippen molar-refractivity contribution in [2.45, 2.75) is 65.5 Å². The molecule has 1 heterocycles. The first kappa shape index (κ1) is 19.9. The van der Waals surface area contributed by atoms with E-state index in [2.05, 4.69) is 50.0 Å². The second-order valence-electron chi connectivity index (χ2n) is 8.43. The fraction of sp³-hybridized carbons (Fsp3) is 0.636. The monoisotopic (exact) mass is 371 g/mol. The maximum absolute atomic E-state index is 12.6. The van der Waals surface area contributed by atoms with Gasteiger partial charge in [-0.05, 0) is 70.2 Å². The fourth-order valence-electron chi connectivity index (χ4n) is 4.42. The van der Waals surface area contributed by atoms with Gasteiger partial charge in [0, 0.05) is 43.8 Å². The molecule has 2 aliphatic rings. The zero-order valence-electron chi connectivity index (χ0n) is 17.1. The molecule has 0 radical (unpaired) electrons. The van der Waals surface area contributed by atoms with Gasteiger partial charge in [-0.1, -0.05) is 6.07 Å².